The fraction of sp³-hybridized carbons (Fsp3) is 0.320. The van der Waals surface area contributed by atoms with Gasteiger partial charge in [0.25, 0.3) is 0 Å². The Balaban J connectivity index is 1.71. The molecule has 4 heteroatoms. The van der Waals surface area contributed by atoms with Crippen LogP contribution in [0.15, 0.2) is 67.0 Å². The van der Waals surface area contributed by atoms with Crippen molar-refractivity contribution in [1.29, 1.82) is 0 Å². The molecule has 0 amide bonds. The van der Waals surface area contributed by atoms with E-state index >= 15 is 0 Å². The van der Waals surface area contributed by atoms with E-state index in [1.165, 1.54) is 29.5 Å². The molecule has 1 aromatic heterocycles. The molecule has 1 aliphatic rings. The molecule has 1 heterocycles. The van der Waals surface area contributed by atoms with Crippen molar-refractivity contribution in [2.75, 3.05) is 12.8 Å². The third kappa shape index (κ3) is 4.70. The van der Waals surface area contributed by atoms with E-state index in [2.05, 4.69) is 41.4 Å². The van der Waals surface area contributed by atoms with Crippen LogP contribution in [-0.2, 0) is 6.42 Å². The summed E-state index contributed by atoms with van der Waals surface area (Å²) in [6, 6.07) is 18.6. The highest BCUT2D eigenvalue weighted by Gasteiger charge is 2.21. The van der Waals surface area contributed by atoms with E-state index in [0.717, 1.165) is 36.4 Å². The molecule has 3 aromatic rings. The number of pyridine rings is 1. The fourth-order valence-electron chi connectivity index (χ4n) is 4.15. The largest absolute Gasteiger partial charge is 0.493 e. The van der Waals surface area contributed by atoms with Gasteiger partial charge in [-0.2, -0.15) is 0 Å². The van der Waals surface area contributed by atoms with E-state index in [1.54, 1.807) is 7.11 Å². The molecule has 0 unspecified atom stereocenters. The molecule has 0 spiro atoms. The zero-order valence-electron chi connectivity index (χ0n) is 16.9. The van der Waals surface area contributed by atoms with E-state index in [-0.39, 0.29) is 12.0 Å². The number of methoxy groups -OCH3 is 1. The maximum absolute atomic E-state index is 6.34. The van der Waals surface area contributed by atoms with Gasteiger partial charge in [-0.15, -0.1) is 0 Å². The molecule has 29 heavy (non-hydrogen) atoms. The van der Waals surface area contributed by atoms with Crippen LogP contribution in [0.4, 0.5) is 5.69 Å². The van der Waals surface area contributed by atoms with Crippen LogP contribution in [0.3, 0.4) is 0 Å². The Labute approximate surface area is 172 Å². The highest BCUT2D eigenvalue weighted by atomic mass is 16.5. The van der Waals surface area contributed by atoms with Crippen LogP contribution in [-0.4, -0.2) is 18.2 Å². The van der Waals surface area contributed by atoms with Crippen molar-refractivity contribution in [2.24, 2.45) is 0 Å². The predicted molar refractivity (Wildman–Crippen MR) is 117 cm³/mol. The first-order chi connectivity index (χ1) is 14.2. The quantitative estimate of drug-likeness (QED) is 0.553. The lowest BCUT2D eigenvalue weighted by Gasteiger charge is -2.22. The van der Waals surface area contributed by atoms with Gasteiger partial charge in [-0.3, -0.25) is 4.98 Å². The van der Waals surface area contributed by atoms with Gasteiger partial charge in [0.2, 0.25) is 0 Å². The van der Waals surface area contributed by atoms with Crippen LogP contribution >= 0.6 is 0 Å². The maximum atomic E-state index is 6.34. The Bertz CT molecular complexity index is 937. The molecule has 0 radical (unpaired) electrons. The molecule has 0 bridgehead atoms. The molecular formula is C25H28N2O2. The summed E-state index contributed by atoms with van der Waals surface area (Å²) >= 11 is 0. The Morgan fingerprint density at radius 2 is 1.72 bits per heavy atom. The summed E-state index contributed by atoms with van der Waals surface area (Å²) in [5.41, 5.74) is 10.5. The van der Waals surface area contributed by atoms with Crippen molar-refractivity contribution in [2.45, 2.75) is 44.1 Å². The van der Waals surface area contributed by atoms with Gasteiger partial charge in [0.15, 0.2) is 11.5 Å². The lowest BCUT2D eigenvalue weighted by Crippen LogP contribution is -2.12. The average molecular weight is 389 g/mol. The molecular weight excluding hydrogens is 360 g/mol. The molecule has 0 saturated heterocycles. The lowest BCUT2D eigenvalue weighted by molar-refractivity contribution is 0.200. The summed E-state index contributed by atoms with van der Waals surface area (Å²) in [5, 5.41) is 0. The zero-order chi connectivity index (χ0) is 20.1. The summed E-state index contributed by atoms with van der Waals surface area (Å²) < 4.78 is 11.9. The monoisotopic (exact) mass is 388 g/mol. The highest BCUT2D eigenvalue weighted by molar-refractivity contribution is 5.49. The van der Waals surface area contributed by atoms with Gasteiger partial charge in [0.1, 0.15) is 0 Å². The Morgan fingerprint density at radius 1 is 0.966 bits per heavy atom. The Kier molecular flexibility index (Phi) is 5.99. The molecule has 1 saturated carbocycles. The fourth-order valence-corrected chi connectivity index (χ4v) is 4.15. The van der Waals surface area contributed by atoms with Gasteiger partial charge in [0, 0.05) is 24.0 Å². The predicted octanol–water partition coefficient (Wildman–Crippen LogP) is 5.37. The molecule has 1 aliphatic carbocycles. The van der Waals surface area contributed by atoms with E-state index in [1.807, 2.05) is 30.6 Å². The summed E-state index contributed by atoms with van der Waals surface area (Å²) in [6.45, 7) is 0. The van der Waals surface area contributed by atoms with Crippen molar-refractivity contribution in [1.82, 2.24) is 4.98 Å². The van der Waals surface area contributed by atoms with Gasteiger partial charge in [-0.25, -0.2) is 0 Å². The summed E-state index contributed by atoms with van der Waals surface area (Å²) in [5.74, 6) is 1.79. The van der Waals surface area contributed by atoms with Gasteiger partial charge in [-0.05, 0) is 85.2 Å². The standard InChI is InChI=1S/C25H28N2O2/c1-28-24-10-9-20(17-25(24)29-22-7-2-3-8-22)23(15-18-11-13-27-14-12-18)19-5-4-6-21(26)16-19/h4-6,9-14,16-17,22-23H,2-3,7-8,15,26H2,1H3/t23-/m1/s1. The second-order valence-electron chi connectivity index (χ2n) is 7.72. The first kappa shape index (κ1) is 19.3. The number of nitrogen functional groups attached to an aromatic ring is 1. The SMILES string of the molecule is COc1ccc([C@H](Cc2ccncc2)c2cccc(N)c2)cc1OC1CCCC1. The first-order valence-corrected chi connectivity index (χ1v) is 10.3. The number of rotatable bonds is 7. The number of benzene rings is 2. The number of hydrogen-bond acceptors (Lipinski definition) is 4. The first-order valence-electron chi connectivity index (χ1n) is 10.3. The maximum Gasteiger partial charge on any atom is 0.161 e. The number of nitrogens with zero attached hydrogens (tertiary/aromatic N) is 1. The Morgan fingerprint density at radius 3 is 2.45 bits per heavy atom. The summed E-state index contributed by atoms with van der Waals surface area (Å²) in [7, 11) is 1.70. The average Bonchev–Trinajstić information content (AvgIpc) is 3.26. The van der Waals surface area contributed by atoms with Gasteiger partial charge < -0.3 is 15.2 Å². The van der Waals surface area contributed by atoms with Crippen molar-refractivity contribution in [3.8, 4) is 11.5 Å². The number of aromatic nitrogens is 1. The topological polar surface area (TPSA) is 57.4 Å². The van der Waals surface area contributed by atoms with Crippen molar-refractivity contribution < 1.29 is 9.47 Å². The van der Waals surface area contributed by atoms with Gasteiger partial charge in [-0.1, -0.05) is 18.2 Å². The third-order valence-electron chi connectivity index (χ3n) is 5.69. The minimum atomic E-state index is 0.165. The zero-order valence-corrected chi connectivity index (χ0v) is 16.9. The van der Waals surface area contributed by atoms with Crippen molar-refractivity contribution >= 4 is 5.69 Å². The molecule has 0 aliphatic heterocycles. The van der Waals surface area contributed by atoms with Gasteiger partial charge in [0.05, 0.1) is 13.2 Å². The second-order valence-corrected chi connectivity index (χ2v) is 7.72. The highest BCUT2D eigenvalue weighted by Crippen LogP contribution is 2.37. The molecule has 1 atom stereocenters. The molecule has 2 N–H and O–H groups in total. The number of hydrogen-bond donors (Lipinski definition) is 1. The van der Waals surface area contributed by atoms with E-state index in [4.69, 9.17) is 15.2 Å². The minimum absolute atomic E-state index is 0.165. The van der Waals surface area contributed by atoms with E-state index < -0.39 is 0 Å². The normalized spacial score (nSPS) is 15.2. The smallest absolute Gasteiger partial charge is 0.161 e. The van der Waals surface area contributed by atoms with E-state index in [9.17, 15) is 0 Å². The van der Waals surface area contributed by atoms with Crippen LogP contribution in [0.2, 0.25) is 0 Å². The molecule has 4 nitrogen and oxygen atoms in total. The van der Waals surface area contributed by atoms with Crippen LogP contribution in [0.25, 0.3) is 0 Å². The second kappa shape index (κ2) is 8.99. The number of nitrogens with two attached hydrogens (primary N) is 1. The van der Waals surface area contributed by atoms with Crippen LogP contribution in [0, 0.1) is 0 Å². The molecule has 150 valence electrons. The molecule has 4 rings (SSSR count). The summed E-state index contributed by atoms with van der Waals surface area (Å²) in [4.78, 5) is 4.15. The van der Waals surface area contributed by atoms with Crippen molar-refractivity contribution in [3.05, 3.63) is 83.7 Å². The van der Waals surface area contributed by atoms with Gasteiger partial charge >= 0.3 is 0 Å². The Hall–Kier alpha value is -3.01. The van der Waals surface area contributed by atoms with Crippen LogP contribution < -0.4 is 15.2 Å². The summed E-state index contributed by atoms with van der Waals surface area (Å²) in [6.07, 6.45) is 9.53. The lowest BCUT2D eigenvalue weighted by atomic mass is 9.86. The number of ether oxygens (including phenoxy) is 2. The molecule has 2 aromatic carbocycles. The van der Waals surface area contributed by atoms with E-state index in [0.29, 0.717) is 0 Å². The van der Waals surface area contributed by atoms with Crippen molar-refractivity contribution in [3.63, 3.8) is 0 Å². The molecule has 1 fully saturated rings. The minimum Gasteiger partial charge on any atom is -0.493 e. The van der Waals surface area contributed by atoms with Crippen LogP contribution in [0.1, 0.15) is 48.3 Å². The third-order valence-corrected chi connectivity index (χ3v) is 5.69. The van der Waals surface area contributed by atoms with Crippen LogP contribution in [0.5, 0.6) is 11.5 Å². The number of anilines is 1.